The third-order valence-corrected chi connectivity index (χ3v) is 2.64. The van der Waals surface area contributed by atoms with E-state index in [1.54, 1.807) is 0 Å². The predicted molar refractivity (Wildman–Crippen MR) is 68.0 cm³/mol. The fourth-order valence-corrected chi connectivity index (χ4v) is 1.76. The van der Waals surface area contributed by atoms with Crippen LogP contribution >= 0.6 is 0 Å². The highest BCUT2D eigenvalue weighted by Crippen LogP contribution is 2.12. The Morgan fingerprint density at radius 2 is 2.00 bits per heavy atom. The Morgan fingerprint density at radius 1 is 1.25 bits per heavy atom. The Balaban J connectivity index is 2.53. The average Bonchev–Trinajstić information content (AvgIpc) is 2.24. The van der Waals surface area contributed by atoms with Crippen LogP contribution in [0.25, 0.3) is 0 Å². The molecule has 16 heavy (non-hydrogen) atoms. The third kappa shape index (κ3) is 3.78. The van der Waals surface area contributed by atoms with Gasteiger partial charge in [0.25, 0.3) is 0 Å². The number of ketones is 1. The van der Waals surface area contributed by atoms with Crippen LogP contribution in [0.2, 0.25) is 0 Å². The summed E-state index contributed by atoms with van der Waals surface area (Å²) in [5, 5.41) is 3.25. The zero-order valence-corrected chi connectivity index (χ0v) is 10.5. The number of carbonyl (C=O) groups is 1. The van der Waals surface area contributed by atoms with Gasteiger partial charge in [0.1, 0.15) is 0 Å². The Labute approximate surface area is 98.1 Å². The maximum Gasteiger partial charge on any atom is 0.164 e. The van der Waals surface area contributed by atoms with Gasteiger partial charge in [-0.3, -0.25) is 4.79 Å². The van der Waals surface area contributed by atoms with Crippen LogP contribution in [-0.4, -0.2) is 18.9 Å². The summed E-state index contributed by atoms with van der Waals surface area (Å²) in [4.78, 5) is 11.9. The van der Waals surface area contributed by atoms with Gasteiger partial charge in [-0.2, -0.15) is 0 Å². The molecule has 0 aromatic heterocycles. The molecule has 0 fully saturated rings. The van der Waals surface area contributed by atoms with Gasteiger partial charge in [0, 0.05) is 18.5 Å². The van der Waals surface area contributed by atoms with Gasteiger partial charge >= 0.3 is 0 Å². The first kappa shape index (κ1) is 12.9. The van der Waals surface area contributed by atoms with E-state index in [2.05, 4.69) is 18.3 Å². The molecule has 0 atom stereocenters. The number of rotatable bonds is 6. The van der Waals surface area contributed by atoms with Gasteiger partial charge in [-0.05, 0) is 32.4 Å². The van der Waals surface area contributed by atoms with Gasteiger partial charge in [-0.15, -0.1) is 0 Å². The molecule has 1 aromatic rings. The molecule has 0 amide bonds. The van der Waals surface area contributed by atoms with Crippen LogP contribution in [0.4, 0.5) is 0 Å². The highest BCUT2D eigenvalue weighted by Gasteiger charge is 2.08. The van der Waals surface area contributed by atoms with Crippen molar-refractivity contribution in [3.63, 3.8) is 0 Å². The molecule has 1 aromatic carbocycles. The molecule has 1 rings (SSSR count). The van der Waals surface area contributed by atoms with Gasteiger partial charge in [-0.25, -0.2) is 0 Å². The molecule has 1 N–H and O–H groups in total. The van der Waals surface area contributed by atoms with E-state index in [9.17, 15) is 4.79 Å². The molecule has 2 nitrogen and oxygen atoms in total. The minimum absolute atomic E-state index is 0.237. The molecule has 88 valence electrons. The van der Waals surface area contributed by atoms with E-state index in [1.165, 1.54) is 5.56 Å². The molecular formula is C14H21NO. The van der Waals surface area contributed by atoms with Gasteiger partial charge in [0.2, 0.25) is 0 Å². The Bertz CT molecular complexity index is 358. The number of hydrogen-bond donors (Lipinski definition) is 1. The fraction of sp³-hybridized carbons (Fsp3) is 0.500. The summed E-state index contributed by atoms with van der Waals surface area (Å²) in [6.07, 6.45) is 1.70. The van der Waals surface area contributed by atoms with E-state index < -0.39 is 0 Å². The lowest BCUT2D eigenvalue weighted by Crippen LogP contribution is -2.19. The molecule has 0 saturated carbocycles. The van der Waals surface area contributed by atoms with Crippen molar-refractivity contribution in [3.8, 4) is 0 Å². The summed E-state index contributed by atoms with van der Waals surface area (Å²) in [7, 11) is 0. The van der Waals surface area contributed by atoms with Gasteiger partial charge in [0.05, 0.1) is 0 Å². The van der Waals surface area contributed by atoms with E-state index in [0.29, 0.717) is 6.42 Å². The lowest BCUT2D eigenvalue weighted by molar-refractivity contribution is 0.0982. The third-order valence-electron chi connectivity index (χ3n) is 2.64. The maximum atomic E-state index is 11.9. The second kappa shape index (κ2) is 6.44. The smallest absolute Gasteiger partial charge is 0.164 e. The monoisotopic (exact) mass is 219 g/mol. The van der Waals surface area contributed by atoms with Gasteiger partial charge in [-0.1, -0.05) is 30.7 Å². The summed E-state index contributed by atoms with van der Waals surface area (Å²) >= 11 is 0. The van der Waals surface area contributed by atoms with E-state index in [0.717, 1.165) is 30.6 Å². The Kier molecular flexibility index (Phi) is 5.20. The first-order valence-electron chi connectivity index (χ1n) is 5.96. The molecule has 0 radical (unpaired) electrons. The van der Waals surface area contributed by atoms with Gasteiger partial charge in [0.15, 0.2) is 5.78 Å². The van der Waals surface area contributed by atoms with E-state index in [1.807, 2.05) is 26.0 Å². The fourth-order valence-electron chi connectivity index (χ4n) is 1.76. The van der Waals surface area contributed by atoms with Crippen molar-refractivity contribution < 1.29 is 4.79 Å². The number of hydrogen-bond acceptors (Lipinski definition) is 2. The summed E-state index contributed by atoms with van der Waals surface area (Å²) in [6.45, 7) is 7.93. The lowest BCUT2D eigenvalue weighted by atomic mass is 10.0. The summed E-state index contributed by atoms with van der Waals surface area (Å²) < 4.78 is 0. The molecule has 0 aliphatic heterocycles. The zero-order valence-electron chi connectivity index (χ0n) is 10.5. The molecule has 0 aliphatic carbocycles. The number of nitrogens with one attached hydrogen (secondary N) is 1. The summed E-state index contributed by atoms with van der Waals surface area (Å²) in [5.74, 6) is 0.237. The first-order chi connectivity index (χ1) is 7.65. The number of carbonyl (C=O) groups excluding carboxylic acids is 1. The minimum atomic E-state index is 0.237. The first-order valence-corrected chi connectivity index (χ1v) is 5.96. The van der Waals surface area contributed by atoms with Crippen LogP contribution in [0.15, 0.2) is 18.2 Å². The number of benzene rings is 1. The highest BCUT2D eigenvalue weighted by atomic mass is 16.1. The molecule has 2 heteroatoms. The van der Waals surface area contributed by atoms with Gasteiger partial charge < -0.3 is 5.32 Å². The summed E-state index contributed by atoms with van der Waals surface area (Å²) in [5.41, 5.74) is 3.16. The molecule has 0 saturated heterocycles. The SMILES string of the molecule is CCCNCCC(=O)c1ccc(C)cc1C. The molecule has 0 unspecified atom stereocenters. The van der Waals surface area contributed by atoms with Crippen molar-refractivity contribution in [3.05, 3.63) is 34.9 Å². The Morgan fingerprint density at radius 3 is 2.62 bits per heavy atom. The van der Waals surface area contributed by atoms with Crippen LogP contribution in [-0.2, 0) is 0 Å². The van der Waals surface area contributed by atoms with Crippen molar-refractivity contribution in [2.75, 3.05) is 13.1 Å². The van der Waals surface area contributed by atoms with E-state index in [-0.39, 0.29) is 5.78 Å². The maximum absolute atomic E-state index is 11.9. The number of aryl methyl sites for hydroxylation is 2. The standard InChI is InChI=1S/C14H21NO/c1-4-8-15-9-7-14(16)13-6-5-11(2)10-12(13)3/h5-6,10,15H,4,7-9H2,1-3H3. The molecule has 0 spiro atoms. The van der Waals surface area contributed by atoms with Crippen LogP contribution in [0, 0.1) is 13.8 Å². The predicted octanol–water partition coefficient (Wildman–Crippen LogP) is 2.88. The van der Waals surface area contributed by atoms with Crippen molar-refractivity contribution in [2.45, 2.75) is 33.6 Å². The lowest BCUT2D eigenvalue weighted by Gasteiger charge is -2.06. The topological polar surface area (TPSA) is 29.1 Å². The highest BCUT2D eigenvalue weighted by molar-refractivity contribution is 5.97. The van der Waals surface area contributed by atoms with Crippen LogP contribution in [0.1, 0.15) is 41.3 Å². The van der Waals surface area contributed by atoms with Crippen LogP contribution < -0.4 is 5.32 Å². The van der Waals surface area contributed by atoms with Crippen molar-refractivity contribution in [1.29, 1.82) is 0 Å². The largest absolute Gasteiger partial charge is 0.316 e. The molecule has 0 aliphatic rings. The molecule has 0 bridgehead atoms. The summed E-state index contributed by atoms with van der Waals surface area (Å²) in [6, 6.07) is 6.00. The van der Waals surface area contributed by atoms with Crippen molar-refractivity contribution in [2.24, 2.45) is 0 Å². The number of Topliss-reactive ketones (excluding diaryl/α,β-unsaturated/α-hetero) is 1. The van der Waals surface area contributed by atoms with E-state index in [4.69, 9.17) is 0 Å². The second-order valence-corrected chi connectivity index (χ2v) is 4.24. The van der Waals surface area contributed by atoms with Crippen LogP contribution in [0.3, 0.4) is 0 Å². The average molecular weight is 219 g/mol. The van der Waals surface area contributed by atoms with E-state index >= 15 is 0 Å². The minimum Gasteiger partial charge on any atom is -0.316 e. The quantitative estimate of drug-likeness (QED) is 0.589. The molecular weight excluding hydrogens is 198 g/mol. The second-order valence-electron chi connectivity index (χ2n) is 4.24. The zero-order chi connectivity index (χ0) is 12.0. The van der Waals surface area contributed by atoms with Crippen molar-refractivity contribution in [1.82, 2.24) is 5.32 Å². The Hall–Kier alpha value is -1.15. The normalized spacial score (nSPS) is 10.4. The van der Waals surface area contributed by atoms with Crippen molar-refractivity contribution >= 4 is 5.78 Å². The van der Waals surface area contributed by atoms with Crippen LogP contribution in [0.5, 0.6) is 0 Å². The molecule has 0 heterocycles.